The average molecular weight is 461 g/mol. The number of rotatable bonds is 18. The lowest BCUT2D eigenvalue weighted by atomic mass is 10.2. The van der Waals surface area contributed by atoms with E-state index in [9.17, 15) is 14.7 Å². The van der Waals surface area contributed by atoms with E-state index in [1.807, 2.05) is 48.6 Å². The van der Waals surface area contributed by atoms with Gasteiger partial charge in [0, 0.05) is 13.3 Å². The summed E-state index contributed by atoms with van der Waals surface area (Å²) in [6.45, 7) is 2.83. The summed E-state index contributed by atoms with van der Waals surface area (Å²) in [6.07, 6.45) is 27.4. The number of carbonyl (C=O) groups excluding carboxylic acids is 2. The van der Waals surface area contributed by atoms with Crippen LogP contribution in [0.2, 0.25) is 0 Å². The highest BCUT2D eigenvalue weighted by molar-refractivity contribution is 5.70. The molecule has 6 nitrogen and oxygen atoms in total. The van der Waals surface area contributed by atoms with Gasteiger partial charge in [-0.25, -0.2) is 0 Å². The highest BCUT2D eigenvalue weighted by atomic mass is 16.6. The van der Waals surface area contributed by atoms with Gasteiger partial charge in [0.2, 0.25) is 0 Å². The van der Waals surface area contributed by atoms with Gasteiger partial charge in [0.05, 0.1) is 12.7 Å². The summed E-state index contributed by atoms with van der Waals surface area (Å²) in [5.41, 5.74) is 0. The van der Waals surface area contributed by atoms with Gasteiger partial charge in [0.15, 0.2) is 6.10 Å². The lowest BCUT2D eigenvalue weighted by molar-refractivity contribution is -0.160. The van der Waals surface area contributed by atoms with E-state index in [0.717, 1.165) is 25.7 Å². The summed E-state index contributed by atoms with van der Waals surface area (Å²) in [7, 11) is 0. The van der Waals surface area contributed by atoms with Crippen LogP contribution in [0.1, 0.15) is 58.8 Å². The van der Waals surface area contributed by atoms with Crippen LogP contribution in [0.3, 0.4) is 0 Å². The van der Waals surface area contributed by atoms with E-state index < -0.39 is 24.1 Å². The molecule has 0 rings (SSSR count). The van der Waals surface area contributed by atoms with E-state index in [1.54, 1.807) is 6.08 Å². The summed E-state index contributed by atoms with van der Waals surface area (Å²) in [5, 5.41) is 19.0. The Hall–Kier alpha value is -2.70. The molecule has 184 valence electrons. The zero-order valence-corrected chi connectivity index (χ0v) is 20.0. The number of hydrogen-bond acceptors (Lipinski definition) is 6. The Balaban J connectivity index is 3.86. The maximum Gasteiger partial charge on any atom is 0.306 e. The lowest BCUT2D eigenvalue weighted by Crippen LogP contribution is -2.27. The fourth-order valence-electron chi connectivity index (χ4n) is 2.45. The minimum Gasteiger partial charge on any atom is -0.462 e. The van der Waals surface area contributed by atoms with Crippen LogP contribution in [0.25, 0.3) is 0 Å². The normalized spacial score (nSPS) is 14.4. The Morgan fingerprint density at radius 2 is 1.52 bits per heavy atom. The molecule has 2 atom stereocenters. The van der Waals surface area contributed by atoms with Crippen molar-refractivity contribution in [1.82, 2.24) is 0 Å². The van der Waals surface area contributed by atoms with Gasteiger partial charge in [0.1, 0.15) is 6.61 Å². The van der Waals surface area contributed by atoms with E-state index in [-0.39, 0.29) is 19.6 Å². The zero-order valence-electron chi connectivity index (χ0n) is 20.0. The van der Waals surface area contributed by atoms with E-state index >= 15 is 0 Å². The highest BCUT2D eigenvalue weighted by Crippen LogP contribution is 2.02. The summed E-state index contributed by atoms with van der Waals surface area (Å²) in [6, 6.07) is 0. The number of carbonyl (C=O) groups is 2. The Labute approximate surface area is 198 Å². The molecule has 0 aromatic heterocycles. The van der Waals surface area contributed by atoms with E-state index in [0.29, 0.717) is 12.8 Å². The first-order chi connectivity index (χ1) is 16.0. The summed E-state index contributed by atoms with van der Waals surface area (Å²) >= 11 is 0. The summed E-state index contributed by atoms with van der Waals surface area (Å²) in [4.78, 5) is 22.4. The minimum atomic E-state index is -0.825. The average Bonchev–Trinajstić information content (AvgIpc) is 2.79. The first-order valence-corrected chi connectivity index (χ1v) is 11.5. The molecule has 0 aliphatic carbocycles. The SMILES string of the molecule is CC/C=C\C/C=C\CC(O)/C=C/C=C\C/C=C\C/C=C\CCC(=O)O[C@@H](CO)COC(C)=O. The number of aliphatic hydroxyl groups is 2. The standard InChI is InChI=1S/C27H40O6/c1-3-4-5-6-13-16-19-25(30)20-17-14-11-9-7-8-10-12-15-18-21-27(31)33-26(22-28)23-32-24(2)29/h4-5,7-8,11-17,20,25-26,28,30H,3,6,9-10,18-19,21-23H2,1-2H3/b5-4-,8-7-,14-11-,15-12-,16-13-,20-17+/t25?,26-/m0/s1. The van der Waals surface area contributed by atoms with Crippen LogP contribution in [0.5, 0.6) is 0 Å². The van der Waals surface area contributed by atoms with Gasteiger partial charge in [-0.05, 0) is 38.5 Å². The van der Waals surface area contributed by atoms with Crippen molar-refractivity contribution in [2.75, 3.05) is 13.2 Å². The van der Waals surface area contributed by atoms with Gasteiger partial charge in [-0.2, -0.15) is 0 Å². The third-order valence-corrected chi connectivity index (χ3v) is 4.17. The van der Waals surface area contributed by atoms with Crippen molar-refractivity contribution >= 4 is 11.9 Å². The van der Waals surface area contributed by atoms with Gasteiger partial charge in [0.25, 0.3) is 0 Å². The first kappa shape index (κ1) is 30.3. The van der Waals surface area contributed by atoms with Crippen molar-refractivity contribution in [3.63, 3.8) is 0 Å². The van der Waals surface area contributed by atoms with Crippen LogP contribution in [-0.4, -0.2) is 47.6 Å². The molecule has 0 aliphatic heterocycles. The number of ether oxygens (including phenoxy) is 2. The van der Waals surface area contributed by atoms with Crippen molar-refractivity contribution in [2.24, 2.45) is 0 Å². The van der Waals surface area contributed by atoms with Crippen LogP contribution in [-0.2, 0) is 19.1 Å². The van der Waals surface area contributed by atoms with Gasteiger partial charge in [-0.3, -0.25) is 9.59 Å². The number of hydrogen-bond donors (Lipinski definition) is 2. The Morgan fingerprint density at radius 1 is 0.879 bits per heavy atom. The molecule has 0 amide bonds. The fraction of sp³-hybridized carbons (Fsp3) is 0.481. The van der Waals surface area contributed by atoms with Crippen molar-refractivity contribution in [3.05, 3.63) is 72.9 Å². The second kappa shape index (κ2) is 22.5. The van der Waals surface area contributed by atoms with Crippen molar-refractivity contribution in [2.45, 2.75) is 71.0 Å². The third-order valence-electron chi connectivity index (χ3n) is 4.17. The number of allylic oxidation sites excluding steroid dienone is 10. The Bertz CT molecular complexity index is 685. The second-order valence-corrected chi connectivity index (χ2v) is 7.25. The number of aliphatic hydroxyl groups excluding tert-OH is 2. The molecular weight excluding hydrogens is 420 g/mol. The molecule has 6 heteroatoms. The molecule has 0 bridgehead atoms. The Morgan fingerprint density at radius 3 is 2.18 bits per heavy atom. The molecule has 2 N–H and O–H groups in total. The lowest BCUT2D eigenvalue weighted by Gasteiger charge is -2.14. The molecule has 0 aromatic carbocycles. The van der Waals surface area contributed by atoms with Crippen molar-refractivity contribution < 1.29 is 29.3 Å². The summed E-state index contributed by atoms with van der Waals surface area (Å²) < 4.78 is 9.77. The third kappa shape index (κ3) is 22.3. The topological polar surface area (TPSA) is 93.1 Å². The van der Waals surface area contributed by atoms with E-state index in [1.165, 1.54) is 6.92 Å². The van der Waals surface area contributed by atoms with E-state index in [4.69, 9.17) is 14.6 Å². The molecule has 0 aliphatic rings. The second-order valence-electron chi connectivity index (χ2n) is 7.25. The predicted octanol–water partition coefficient (Wildman–Crippen LogP) is 4.90. The molecule has 0 fully saturated rings. The number of esters is 2. The molecule has 0 heterocycles. The molecule has 0 radical (unpaired) electrons. The van der Waals surface area contributed by atoms with Crippen LogP contribution < -0.4 is 0 Å². The van der Waals surface area contributed by atoms with Crippen LogP contribution in [0.4, 0.5) is 0 Å². The zero-order chi connectivity index (χ0) is 24.6. The van der Waals surface area contributed by atoms with Crippen molar-refractivity contribution in [3.8, 4) is 0 Å². The fourth-order valence-corrected chi connectivity index (χ4v) is 2.45. The van der Waals surface area contributed by atoms with Gasteiger partial charge < -0.3 is 19.7 Å². The van der Waals surface area contributed by atoms with Crippen LogP contribution in [0, 0.1) is 0 Å². The predicted molar refractivity (Wildman–Crippen MR) is 132 cm³/mol. The Kier molecular flexibility index (Phi) is 20.7. The quantitative estimate of drug-likeness (QED) is 0.172. The van der Waals surface area contributed by atoms with Crippen molar-refractivity contribution in [1.29, 1.82) is 0 Å². The highest BCUT2D eigenvalue weighted by Gasteiger charge is 2.14. The molecule has 1 unspecified atom stereocenters. The smallest absolute Gasteiger partial charge is 0.306 e. The maximum absolute atomic E-state index is 11.7. The summed E-state index contributed by atoms with van der Waals surface area (Å²) in [5.74, 6) is -0.925. The molecule has 0 aromatic rings. The van der Waals surface area contributed by atoms with E-state index in [2.05, 4.69) is 25.2 Å². The van der Waals surface area contributed by atoms with Gasteiger partial charge >= 0.3 is 11.9 Å². The van der Waals surface area contributed by atoms with Gasteiger partial charge in [-0.1, -0.05) is 79.8 Å². The minimum absolute atomic E-state index is 0.141. The van der Waals surface area contributed by atoms with Gasteiger partial charge in [-0.15, -0.1) is 0 Å². The molecule has 0 saturated heterocycles. The first-order valence-electron chi connectivity index (χ1n) is 11.5. The molecular formula is C27H40O6. The van der Waals surface area contributed by atoms with Crippen LogP contribution >= 0.6 is 0 Å². The molecule has 0 saturated carbocycles. The molecule has 33 heavy (non-hydrogen) atoms. The molecule has 0 spiro atoms. The monoisotopic (exact) mass is 460 g/mol. The largest absolute Gasteiger partial charge is 0.462 e. The van der Waals surface area contributed by atoms with Crippen LogP contribution in [0.15, 0.2) is 72.9 Å². The maximum atomic E-state index is 11.7.